The number of hydrogen-bond acceptors (Lipinski definition) is 7. The molecule has 4 amide bonds. The van der Waals surface area contributed by atoms with E-state index in [9.17, 15) is 32.3 Å². The van der Waals surface area contributed by atoms with Gasteiger partial charge in [0.15, 0.2) is 5.69 Å². The molecule has 3 heterocycles. The molecular weight excluding hydrogens is 453 g/mol. The molecule has 1 fully saturated rings. The smallest absolute Gasteiger partial charge is 0.410 e. The number of nitrogens with one attached hydrogen (secondary N) is 1. The predicted molar refractivity (Wildman–Crippen MR) is 104 cm³/mol. The summed E-state index contributed by atoms with van der Waals surface area (Å²) in [7, 11) is 1.24. The molecule has 1 atom stereocenters. The van der Waals surface area contributed by atoms with Gasteiger partial charge in [-0.05, 0) is 35.6 Å². The zero-order valence-corrected chi connectivity index (χ0v) is 17.2. The summed E-state index contributed by atoms with van der Waals surface area (Å²) in [6.45, 7) is 0.162. The first-order valence-corrected chi connectivity index (χ1v) is 10.1. The molecule has 0 saturated carbocycles. The van der Waals surface area contributed by atoms with Gasteiger partial charge in [-0.3, -0.25) is 24.6 Å². The molecule has 1 aromatic carbocycles. The van der Waals surface area contributed by atoms with Crippen LogP contribution in [0.2, 0.25) is 0 Å². The summed E-state index contributed by atoms with van der Waals surface area (Å²) in [5.41, 5.74) is -0.265. The Morgan fingerprint density at radius 1 is 1.28 bits per heavy atom. The molecule has 2 aromatic rings. The summed E-state index contributed by atoms with van der Waals surface area (Å²) >= 11 is 0.493. The third-order valence-electron chi connectivity index (χ3n) is 5.10. The second-order valence-corrected chi connectivity index (χ2v) is 7.98. The first-order chi connectivity index (χ1) is 15.0. The molecule has 9 nitrogen and oxygen atoms in total. The van der Waals surface area contributed by atoms with Crippen molar-refractivity contribution in [2.45, 2.75) is 31.6 Å². The van der Waals surface area contributed by atoms with Gasteiger partial charge in [-0.15, -0.1) is 0 Å². The number of hydrogen-bond donors (Lipinski definition) is 1. The average molecular weight is 468 g/mol. The SMILES string of the molecule is CN(C(=O)Oc1ccc2c(c1)C(=O)N(C1CCC(=O)NC1=O)C2)c1cc(C(F)(F)F)ns1. The van der Waals surface area contributed by atoms with Crippen molar-refractivity contribution in [2.24, 2.45) is 0 Å². The van der Waals surface area contributed by atoms with Crippen LogP contribution in [-0.4, -0.2) is 46.2 Å². The Balaban J connectivity index is 1.46. The lowest BCUT2D eigenvalue weighted by Gasteiger charge is -2.29. The molecule has 0 aliphatic carbocycles. The molecule has 4 rings (SSSR count). The van der Waals surface area contributed by atoms with Gasteiger partial charge in [-0.2, -0.15) is 17.5 Å². The normalized spacial score (nSPS) is 18.4. The first kappa shape index (κ1) is 21.7. The number of benzene rings is 1. The molecule has 168 valence electrons. The van der Waals surface area contributed by atoms with Crippen LogP contribution in [0.15, 0.2) is 24.3 Å². The van der Waals surface area contributed by atoms with Crippen molar-refractivity contribution in [2.75, 3.05) is 11.9 Å². The van der Waals surface area contributed by atoms with E-state index in [2.05, 4.69) is 9.69 Å². The summed E-state index contributed by atoms with van der Waals surface area (Å²) in [5.74, 6) is -1.37. The van der Waals surface area contributed by atoms with E-state index in [-0.39, 0.29) is 35.7 Å². The maximum atomic E-state index is 12.8. The Hall–Kier alpha value is -3.48. The molecule has 1 unspecified atom stereocenters. The summed E-state index contributed by atoms with van der Waals surface area (Å²) in [5, 5.41) is 2.14. The van der Waals surface area contributed by atoms with E-state index in [1.165, 1.54) is 24.1 Å². The van der Waals surface area contributed by atoms with Crippen molar-refractivity contribution in [1.82, 2.24) is 14.6 Å². The van der Waals surface area contributed by atoms with E-state index < -0.39 is 41.7 Å². The molecule has 0 bridgehead atoms. The van der Waals surface area contributed by atoms with Gasteiger partial charge in [0.05, 0.1) is 0 Å². The number of carbonyl (C=O) groups is 4. The van der Waals surface area contributed by atoms with Gasteiger partial charge in [-0.25, -0.2) is 4.79 Å². The fraction of sp³-hybridized carbons (Fsp3) is 0.316. The van der Waals surface area contributed by atoms with Gasteiger partial charge in [0, 0.05) is 31.6 Å². The van der Waals surface area contributed by atoms with Crippen molar-refractivity contribution >= 4 is 40.3 Å². The Kier molecular flexibility index (Phi) is 5.36. The summed E-state index contributed by atoms with van der Waals surface area (Å²) in [4.78, 5) is 50.8. The topological polar surface area (TPSA) is 109 Å². The minimum atomic E-state index is -4.63. The van der Waals surface area contributed by atoms with Crippen LogP contribution in [-0.2, 0) is 22.3 Å². The van der Waals surface area contributed by atoms with E-state index in [0.29, 0.717) is 17.1 Å². The highest BCUT2D eigenvalue weighted by molar-refractivity contribution is 7.10. The monoisotopic (exact) mass is 468 g/mol. The molecule has 1 saturated heterocycles. The van der Waals surface area contributed by atoms with Crippen LogP contribution < -0.4 is 15.0 Å². The number of anilines is 1. The standard InChI is InChI=1S/C19H15F3N4O5S/c1-25(15-7-13(24-32-15)19(20,21)22)18(30)31-10-3-2-9-8-26(17(29)11(9)6-10)12-4-5-14(27)23-16(12)28/h2-3,6-7,12H,4-5,8H2,1H3,(H,23,27,28). The number of carbonyl (C=O) groups excluding carboxylic acids is 4. The molecule has 2 aliphatic heterocycles. The molecule has 1 N–H and O–H groups in total. The van der Waals surface area contributed by atoms with Crippen molar-refractivity contribution in [3.63, 3.8) is 0 Å². The fourth-order valence-electron chi connectivity index (χ4n) is 3.41. The van der Waals surface area contributed by atoms with Gasteiger partial charge >= 0.3 is 12.3 Å². The molecule has 2 aliphatic rings. The predicted octanol–water partition coefficient (Wildman–Crippen LogP) is 2.56. The minimum absolute atomic E-state index is 0.0135. The van der Waals surface area contributed by atoms with Crippen LogP contribution in [0.1, 0.15) is 34.5 Å². The molecular formula is C19H15F3N4O5S. The van der Waals surface area contributed by atoms with Gasteiger partial charge in [0.25, 0.3) is 5.91 Å². The summed E-state index contributed by atoms with van der Waals surface area (Å²) in [6, 6.07) is 4.30. The van der Waals surface area contributed by atoms with Crippen LogP contribution in [0.5, 0.6) is 5.75 Å². The van der Waals surface area contributed by atoms with E-state index in [1.807, 2.05) is 0 Å². The second kappa shape index (κ2) is 7.89. The number of alkyl halides is 3. The number of piperidine rings is 1. The van der Waals surface area contributed by atoms with Crippen LogP contribution >= 0.6 is 11.5 Å². The third-order valence-corrected chi connectivity index (χ3v) is 5.96. The lowest BCUT2D eigenvalue weighted by atomic mass is 10.0. The third kappa shape index (κ3) is 4.02. The fourth-order valence-corrected chi connectivity index (χ4v) is 4.12. The largest absolute Gasteiger partial charge is 0.434 e. The summed E-state index contributed by atoms with van der Waals surface area (Å²) < 4.78 is 46.6. The number of halogens is 3. The number of imide groups is 1. The van der Waals surface area contributed by atoms with E-state index in [4.69, 9.17) is 4.74 Å². The number of nitrogens with zero attached hydrogens (tertiary/aromatic N) is 3. The van der Waals surface area contributed by atoms with Crippen molar-refractivity contribution < 1.29 is 37.1 Å². The van der Waals surface area contributed by atoms with Crippen LogP contribution in [0.3, 0.4) is 0 Å². The lowest BCUT2D eigenvalue weighted by molar-refractivity contribution is -0.140. The van der Waals surface area contributed by atoms with Gasteiger partial charge < -0.3 is 9.64 Å². The van der Waals surface area contributed by atoms with Crippen LogP contribution in [0.4, 0.5) is 23.0 Å². The van der Waals surface area contributed by atoms with Gasteiger partial charge in [-0.1, -0.05) is 6.07 Å². The Morgan fingerprint density at radius 2 is 2.03 bits per heavy atom. The Labute approximate surface area is 182 Å². The molecule has 13 heteroatoms. The second-order valence-electron chi connectivity index (χ2n) is 7.19. The number of amides is 4. The van der Waals surface area contributed by atoms with Crippen LogP contribution in [0, 0.1) is 0 Å². The zero-order valence-electron chi connectivity index (χ0n) is 16.4. The number of ether oxygens (including phenoxy) is 1. The van der Waals surface area contributed by atoms with Crippen molar-refractivity contribution in [3.8, 4) is 5.75 Å². The molecule has 1 aromatic heterocycles. The molecule has 32 heavy (non-hydrogen) atoms. The molecule has 0 radical (unpaired) electrons. The van der Waals surface area contributed by atoms with E-state index >= 15 is 0 Å². The van der Waals surface area contributed by atoms with Crippen LogP contribution in [0.25, 0.3) is 0 Å². The number of fused-ring (bicyclic) bond motifs is 1. The maximum absolute atomic E-state index is 12.8. The highest BCUT2D eigenvalue weighted by Crippen LogP contribution is 2.34. The average Bonchev–Trinajstić information content (AvgIpc) is 3.33. The highest BCUT2D eigenvalue weighted by Gasteiger charge is 2.39. The first-order valence-electron chi connectivity index (χ1n) is 9.31. The maximum Gasteiger partial charge on any atom is 0.434 e. The number of rotatable bonds is 3. The van der Waals surface area contributed by atoms with Gasteiger partial charge in [0.2, 0.25) is 11.8 Å². The van der Waals surface area contributed by atoms with Crippen molar-refractivity contribution in [3.05, 3.63) is 41.1 Å². The van der Waals surface area contributed by atoms with E-state index in [0.717, 1.165) is 11.0 Å². The molecule has 0 spiro atoms. The quantitative estimate of drug-likeness (QED) is 0.694. The van der Waals surface area contributed by atoms with Crippen molar-refractivity contribution in [1.29, 1.82) is 0 Å². The zero-order chi connectivity index (χ0) is 23.2. The van der Waals surface area contributed by atoms with E-state index in [1.54, 1.807) is 6.07 Å². The Morgan fingerprint density at radius 3 is 2.69 bits per heavy atom. The minimum Gasteiger partial charge on any atom is -0.410 e. The summed E-state index contributed by atoms with van der Waals surface area (Å²) in [6.07, 6.45) is -5.26. The van der Waals surface area contributed by atoms with Gasteiger partial charge in [0.1, 0.15) is 16.8 Å². The Bertz CT molecular complexity index is 1130. The number of aromatic nitrogens is 1. The lowest BCUT2D eigenvalue weighted by Crippen LogP contribution is -2.52. The highest BCUT2D eigenvalue weighted by atomic mass is 32.1.